The zero-order valence-electron chi connectivity index (χ0n) is 17.7. The molecular formula is C23H35N3O2. The van der Waals surface area contributed by atoms with Gasteiger partial charge in [0.25, 0.3) is 0 Å². The predicted octanol–water partition coefficient (Wildman–Crippen LogP) is 3.09. The van der Waals surface area contributed by atoms with Crippen molar-refractivity contribution in [1.82, 2.24) is 15.2 Å². The number of nitrogens with zero attached hydrogens (tertiary/aromatic N) is 2. The third-order valence-electron chi connectivity index (χ3n) is 6.72. The van der Waals surface area contributed by atoms with Crippen LogP contribution in [-0.4, -0.2) is 47.3 Å². The Bertz CT molecular complexity index is 708. The van der Waals surface area contributed by atoms with Gasteiger partial charge < -0.3 is 5.32 Å². The summed E-state index contributed by atoms with van der Waals surface area (Å²) in [6.07, 6.45) is 8.25. The molecule has 5 nitrogen and oxygen atoms in total. The van der Waals surface area contributed by atoms with Crippen molar-refractivity contribution in [3.63, 3.8) is 0 Å². The second kappa shape index (κ2) is 9.17. The maximum absolute atomic E-state index is 12.7. The Kier molecular flexibility index (Phi) is 6.86. The lowest BCUT2D eigenvalue weighted by atomic mass is 9.79. The van der Waals surface area contributed by atoms with E-state index in [1.807, 2.05) is 6.92 Å². The van der Waals surface area contributed by atoms with Crippen LogP contribution < -0.4 is 5.32 Å². The van der Waals surface area contributed by atoms with E-state index in [0.29, 0.717) is 6.54 Å². The summed E-state index contributed by atoms with van der Waals surface area (Å²) in [5.41, 5.74) is 3.53. The van der Waals surface area contributed by atoms with Crippen LogP contribution in [0.1, 0.15) is 69.8 Å². The molecule has 1 atom stereocenters. The van der Waals surface area contributed by atoms with Gasteiger partial charge in [0.05, 0.1) is 6.04 Å². The molecule has 1 fully saturated rings. The molecule has 1 aromatic heterocycles. The van der Waals surface area contributed by atoms with E-state index < -0.39 is 0 Å². The molecular weight excluding hydrogens is 350 g/mol. The number of aryl methyl sites for hydroxylation is 3. The molecule has 1 aromatic rings. The summed E-state index contributed by atoms with van der Waals surface area (Å²) in [6.45, 7) is 7.97. The lowest BCUT2D eigenvalue weighted by Gasteiger charge is -2.40. The normalized spacial score (nSPS) is 20.2. The van der Waals surface area contributed by atoms with E-state index in [4.69, 9.17) is 4.98 Å². The van der Waals surface area contributed by atoms with Crippen LogP contribution in [0.25, 0.3) is 0 Å². The molecule has 0 spiro atoms. The molecule has 2 aliphatic rings. The van der Waals surface area contributed by atoms with Crippen molar-refractivity contribution in [2.45, 2.75) is 78.2 Å². The second-order valence-electron chi connectivity index (χ2n) is 8.86. The summed E-state index contributed by atoms with van der Waals surface area (Å²) in [5, 5.41) is 3.14. The van der Waals surface area contributed by atoms with Gasteiger partial charge in [-0.05, 0) is 89.9 Å². The summed E-state index contributed by atoms with van der Waals surface area (Å²) in [5.74, 6) is 0.352. The molecule has 1 amide bonds. The second-order valence-corrected chi connectivity index (χ2v) is 8.86. The van der Waals surface area contributed by atoms with E-state index >= 15 is 0 Å². The Hall–Kier alpha value is -1.75. The van der Waals surface area contributed by atoms with Crippen molar-refractivity contribution in [3.05, 3.63) is 29.1 Å². The first kappa shape index (κ1) is 21.0. The molecule has 0 radical (unpaired) electrons. The zero-order valence-corrected chi connectivity index (χ0v) is 17.7. The first-order valence-electron chi connectivity index (χ1n) is 10.9. The smallest absolute Gasteiger partial charge is 0.226 e. The van der Waals surface area contributed by atoms with E-state index in [2.05, 4.69) is 29.3 Å². The zero-order chi connectivity index (χ0) is 20.1. The highest BCUT2D eigenvalue weighted by Gasteiger charge is 2.38. The van der Waals surface area contributed by atoms with Crippen LogP contribution in [0.5, 0.6) is 0 Å². The number of carbonyl (C=O) groups is 2. The van der Waals surface area contributed by atoms with E-state index in [1.54, 1.807) is 6.92 Å². The van der Waals surface area contributed by atoms with Crippen LogP contribution in [0, 0.1) is 5.41 Å². The van der Waals surface area contributed by atoms with Crippen LogP contribution in [0.3, 0.4) is 0 Å². The number of rotatable bonds is 7. The lowest BCUT2D eigenvalue weighted by Crippen LogP contribution is -2.50. The van der Waals surface area contributed by atoms with Crippen LogP contribution in [0.4, 0.5) is 0 Å². The Morgan fingerprint density at radius 2 is 1.93 bits per heavy atom. The maximum atomic E-state index is 12.7. The summed E-state index contributed by atoms with van der Waals surface area (Å²) in [7, 11) is 0. The van der Waals surface area contributed by atoms with Gasteiger partial charge in [0.15, 0.2) is 0 Å². The van der Waals surface area contributed by atoms with Gasteiger partial charge in [0, 0.05) is 23.3 Å². The first-order valence-corrected chi connectivity index (χ1v) is 10.9. The molecule has 0 aromatic carbocycles. The van der Waals surface area contributed by atoms with E-state index in [9.17, 15) is 9.59 Å². The van der Waals surface area contributed by atoms with E-state index in [0.717, 1.165) is 50.9 Å². The predicted molar refractivity (Wildman–Crippen MR) is 111 cm³/mol. The van der Waals surface area contributed by atoms with Gasteiger partial charge in [-0.1, -0.05) is 13.0 Å². The van der Waals surface area contributed by atoms with Gasteiger partial charge in [-0.25, -0.2) is 0 Å². The Labute approximate surface area is 169 Å². The number of likely N-dealkylation sites (tertiary alicyclic amines) is 1. The number of ketones is 1. The fourth-order valence-electron chi connectivity index (χ4n) is 4.34. The topological polar surface area (TPSA) is 62.3 Å². The number of carbonyl (C=O) groups excluding carboxylic acids is 2. The van der Waals surface area contributed by atoms with Crippen LogP contribution in [0.15, 0.2) is 12.1 Å². The highest BCUT2D eigenvalue weighted by atomic mass is 16.2. The van der Waals surface area contributed by atoms with Crippen LogP contribution in [-0.2, 0) is 28.9 Å². The quantitative estimate of drug-likeness (QED) is 0.733. The number of Topliss-reactive ketones (excluding diaryl/α,β-unsaturated/α-hetero) is 1. The minimum Gasteiger partial charge on any atom is -0.356 e. The molecule has 154 valence electrons. The maximum Gasteiger partial charge on any atom is 0.226 e. The SMILES string of the molecule is CC(=O)C(C)N1CCC(C)(C(=O)NCCCc2ccc3c(n2)CCCC3)CC1. The van der Waals surface area contributed by atoms with Crippen molar-refractivity contribution in [3.8, 4) is 0 Å². The average Bonchev–Trinajstić information content (AvgIpc) is 2.71. The average molecular weight is 386 g/mol. The van der Waals surface area contributed by atoms with Crippen LogP contribution in [0.2, 0.25) is 0 Å². The molecule has 1 unspecified atom stereocenters. The molecule has 5 heteroatoms. The van der Waals surface area contributed by atoms with Gasteiger partial charge in [0.1, 0.15) is 5.78 Å². The minimum absolute atomic E-state index is 0.0447. The standard InChI is InChI=1S/C23H35N3O2/c1-17(18(2)27)26-15-12-23(3,13-16-26)22(28)24-14-6-8-20-11-10-19-7-4-5-9-21(19)25-20/h10-11,17H,4-9,12-16H2,1-3H3,(H,24,28). The Balaban J connectivity index is 1.41. The lowest BCUT2D eigenvalue weighted by molar-refractivity contribution is -0.133. The minimum atomic E-state index is -0.322. The molecule has 1 N–H and O–H groups in total. The number of hydrogen-bond acceptors (Lipinski definition) is 4. The molecule has 0 saturated carbocycles. The number of nitrogens with one attached hydrogen (secondary N) is 1. The van der Waals surface area contributed by atoms with Gasteiger partial charge in [-0.2, -0.15) is 0 Å². The monoisotopic (exact) mass is 385 g/mol. The Morgan fingerprint density at radius 3 is 2.64 bits per heavy atom. The number of piperidine rings is 1. The molecule has 1 aliphatic heterocycles. The molecule has 0 bridgehead atoms. The molecule has 1 aliphatic carbocycles. The first-order chi connectivity index (χ1) is 13.4. The third kappa shape index (κ3) is 4.99. The number of pyridine rings is 1. The highest BCUT2D eigenvalue weighted by molar-refractivity contribution is 5.83. The van der Waals surface area contributed by atoms with Gasteiger partial charge in [0.2, 0.25) is 5.91 Å². The largest absolute Gasteiger partial charge is 0.356 e. The summed E-state index contributed by atoms with van der Waals surface area (Å²) < 4.78 is 0. The van der Waals surface area contributed by atoms with Crippen molar-refractivity contribution < 1.29 is 9.59 Å². The third-order valence-corrected chi connectivity index (χ3v) is 6.72. The number of hydrogen-bond donors (Lipinski definition) is 1. The van der Waals surface area contributed by atoms with Gasteiger partial charge >= 0.3 is 0 Å². The number of fused-ring (bicyclic) bond motifs is 1. The molecule has 2 heterocycles. The summed E-state index contributed by atoms with van der Waals surface area (Å²) in [6, 6.07) is 4.35. The number of aromatic nitrogens is 1. The van der Waals surface area contributed by atoms with Crippen molar-refractivity contribution in [2.75, 3.05) is 19.6 Å². The molecule has 28 heavy (non-hydrogen) atoms. The van der Waals surface area contributed by atoms with E-state index in [-0.39, 0.29) is 23.1 Å². The number of amides is 1. The van der Waals surface area contributed by atoms with Crippen molar-refractivity contribution in [1.29, 1.82) is 0 Å². The van der Waals surface area contributed by atoms with Crippen molar-refractivity contribution in [2.24, 2.45) is 5.41 Å². The Morgan fingerprint density at radius 1 is 1.21 bits per heavy atom. The molecule has 3 rings (SSSR count). The molecule has 1 saturated heterocycles. The van der Waals surface area contributed by atoms with Crippen LogP contribution >= 0.6 is 0 Å². The fourth-order valence-corrected chi connectivity index (χ4v) is 4.34. The van der Waals surface area contributed by atoms with Gasteiger partial charge in [-0.3, -0.25) is 19.5 Å². The summed E-state index contributed by atoms with van der Waals surface area (Å²) >= 11 is 0. The fraction of sp³-hybridized carbons (Fsp3) is 0.696. The van der Waals surface area contributed by atoms with Crippen molar-refractivity contribution >= 4 is 11.7 Å². The van der Waals surface area contributed by atoms with Gasteiger partial charge in [-0.15, -0.1) is 0 Å². The summed E-state index contributed by atoms with van der Waals surface area (Å²) in [4.78, 5) is 31.3. The van der Waals surface area contributed by atoms with E-state index in [1.165, 1.54) is 30.5 Å². The highest BCUT2D eigenvalue weighted by Crippen LogP contribution is 2.32.